The number of amides is 2. The van der Waals surface area contributed by atoms with Crippen LogP contribution >= 0.6 is 11.3 Å². The van der Waals surface area contributed by atoms with E-state index < -0.39 is 0 Å². The summed E-state index contributed by atoms with van der Waals surface area (Å²) in [7, 11) is 0. The number of nitrogens with one attached hydrogen (secondary N) is 2. The first-order chi connectivity index (χ1) is 11.3. The lowest BCUT2D eigenvalue weighted by Crippen LogP contribution is -2.19. The van der Waals surface area contributed by atoms with E-state index in [4.69, 9.17) is 9.47 Å². The number of rotatable bonds is 2. The number of nitrogens with zero attached hydrogens (tertiary/aromatic N) is 1. The highest BCUT2D eigenvalue weighted by Crippen LogP contribution is 2.37. The summed E-state index contributed by atoms with van der Waals surface area (Å²) in [5.74, 6) is 1.40. The molecule has 0 radical (unpaired) electrons. The molecule has 2 amide bonds. The van der Waals surface area contributed by atoms with Crippen LogP contribution in [-0.4, -0.2) is 24.2 Å². The molecule has 2 heterocycles. The van der Waals surface area contributed by atoms with Gasteiger partial charge in [0, 0.05) is 17.8 Å². The van der Waals surface area contributed by atoms with Gasteiger partial charge in [0.25, 0.3) is 0 Å². The highest BCUT2D eigenvalue weighted by Gasteiger charge is 2.16. The van der Waals surface area contributed by atoms with Crippen LogP contribution in [0.3, 0.4) is 0 Å². The summed E-state index contributed by atoms with van der Waals surface area (Å²) in [4.78, 5) is 16.4. The van der Waals surface area contributed by atoms with Crippen LogP contribution in [0.4, 0.5) is 15.6 Å². The van der Waals surface area contributed by atoms with Gasteiger partial charge in [-0.2, -0.15) is 0 Å². The molecular formula is C16H13N3O3S. The van der Waals surface area contributed by atoms with Gasteiger partial charge in [-0.15, -0.1) is 0 Å². The average molecular weight is 327 g/mol. The zero-order valence-corrected chi connectivity index (χ0v) is 12.9. The Morgan fingerprint density at radius 2 is 1.78 bits per heavy atom. The van der Waals surface area contributed by atoms with Crippen LogP contribution in [0.5, 0.6) is 11.5 Å². The SMILES string of the molecule is O=C(Nc1ccccc1)Nc1nc2cc3c(cc2s1)OCCO3. The molecule has 0 spiro atoms. The van der Waals surface area contributed by atoms with Gasteiger partial charge in [0.05, 0.1) is 10.2 Å². The number of benzene rings is 2. The van der Waals surface area contributed by atoms with Gasteiger partial charge >= 0.3 is 6.03 Å². The lowest BCUT2D eigenvalue weighted by molar-refractivity contribution is 0.172. The number of carbonyl (C=O) groups is 1. The molecule has 7 heteroatoms. The molecule has 0 aliphatic carbocycles. The number of carbonyl (C=O) groups excluding carboxylic acids is 1. The molecule has 1 aliphatic heterocycles. The quantitative estimate of drug-likeness (QED) is 0.752. The van der Waals surface area contributed by atoms with Gasteiger partial charge in [0.15, 0.2) is 16.6 Å². The smallest absolute Gasteiger partial charge is 0.325 e. The molecule has 0 fully saturated rings. The van der Waals surface area contributed by atoms with E-state index in [1.54, 1.807) is 0 Å². The van der Waals surface area contributed by atoms with Crippen LogP contribution in [0.1, 0.15) is 0 Å². The monoisotopic (exact) mass is 327 g/mol. The average Bonchev–Trinajstić information content (AvgIpc) is 2.94. The molecule has 23 heavy (non-hydrogen) atoms. The highest BCUT2D eigenvalue weighted by atomic mass is 32.1. The van der Waals surface area contributed by atoms with Gasteiger partial charge in [-0.05, 0) is 12.1 Å². The van der Waals surface area contributed by atoms with Crippen molar-refractivity contribution in [3.05, 3.63) is 42.5 Å². The van der Waals surface area contributed by atoms with Gasteiger partial charge in [0.1, 0.15) is 13.2 Å². The molecule has 3 aromatic rings. The largest absolute Gasteiger partial charge is 0.486 e. The molecule has 1 aliphatic rings. The lowest BCUT2D eigenvalue weighted by atomic mass is 10.3. The number of hydrogen-bond acceptors (Lipinski definition) is 5. The van der Waals surface area contributed by atoms with Crippen molar-refractivity contribution in [1.29, 1.82) is 0 Å². The zero-order valence-electron chi connectivity index (χ0n) is 12.0. The molecule has 2 N–H and O–H groups in total. The number of anilines is 2. The number of urea groups is 1. The first-order valence-corrected chi connectivity index (χ1v) is 7.93. The molecule has 0 saturated heterocycles. The summed E-state index contributed by atoms with van der Waals surface area (Å²) < 4.78 is 12.0. The van der Waals surface area contributed by atoms with Crippen LogP contribution in [0.15, 0.2) is 42.5 Å². The minimum atomic E-state index is -0.326. The maximum atomic E-state index is 12.0. The Kier molecular flexibility index (Phi) is 3.47. The summed E-state index contributed by atoms with van der Waals surface area (Å²) in [6.07, 6.45) is 0. The van der Waals surface area contributed by atoms with Crippen molar-refractivity contribution in [3.63, 3.8) is 0 Å². The van der Waals surface area contributed by atoms with E-state index in [0.717, 1.165) is 15.9 Å². The van der Waals surface area contributed by atoms with Crippen molar-refractivity contribution >= 4 is 38.4 Å². The van der Waals surface area contributed by atoms with Crippen molar-refractivity contribution in [3.8, 4) is 11.5 Å². The number of fused-ring (bicyclic) bond motifs is 2. The van der Waals surface area contributed by atoms with E-state index in [0.29, 0.717) is 29.8 Å². The van der Waals surface area contributed by atoms with Crippen molar-refractivity contribution in [2.24, 2.45) is 0 Å². The predicted octanol–water partition coefficient (Wildman–Crippen LogP) is 3.71. The standard InChI is InChI=1S/C16H13N3O3S/c20-15(17-10-4-2-1-3-5-10)19-16-18-11-8-12-13(9-14(11)23-16)22-7-6-21-12/h1-5,8-9H,6-7H2,(H2,17,18,19,20). The Hall–Kier alpha value is -2.80. The number of para-hydroxylation sites is 1. The third-order valence-corrected chi connectivity index (χ3v) is 4.24. The minimum Gasteiger partial charge on any atom is -0.486 e. The molecular weight excluding hydrogens is 314 g/mol. The van der Waals surface area contributed by atoms with Crippen LogP contribution < -0.4 is 20.1 Å². The van der Waals surface area contributed by atoms with Crippen LogP contribution in [0.25, 0.3) is 10.2 Å². The minimum absolute atomic E-state index is 0.326. The van der Waals surface area contributed by atoms with E-state index in [2.05, 4.69) is 15.6 Å². The van der Waals surface area contributed by atoms with Gasteiger partial charge < -0.3 is 14.8 Å². The fraction of sp³-hybridized carbons (Fsp3) is 0.125. The summed E-state index contributed by atoms with van der Waals surface area (Å²) in [6.45, 7) is 1.08. The van der Waals surface area contributed by atoms with E-state index in [-0.39, 0.29) is 6.03 Å². The Morgan fingerprint density at radius 1 is 1.04 bits per heavy atom. The Bertz CT molecular complexity index is 821. The topological polar surface area (TPSA) is 72.5 Å². The van der Waals surface area contributed by atoms with Gasteiger partial charge in [-0.25, -0.2) is 9.78 Å². The third-order valence-electron chi connectivity index (χ3n) is 3.30. The first-order valence-electron chi connectivity index (χ1n) is 7.11. The first kappa shape index (κ1) is 13.8. The van der Waals surface area contributed by atoms with E-state index in [1.165, 1.54) is 11.3 Å². The fourth-order valence-corrected chi connectivity index (χ4v) is 3.17. The van der Waals surface area contributed by atoms with Crippen molar-refractivity contribution in [2.45, 2.75) is 0 Å². The second kappa shape index (κ2) is 5.77. The lowest BCUT2D eigenvalue weighted by Gasteiger charge is -2.17. The molecule has 0 atom stereocenters. The maximum absolute atomic E-state index is 12.0. The van der Waals surface area contributed by atoms with E-state index >= 15 is 0 Å². The number of thiazole rings is 1. The summed E-state index contributed by atoms with van der Waals surface area (Å²) >= 11 is 1.39. The van der Waals surface area contributed by atoms with Crippen LogP contribution in [0, 0.1) is 0 Å². The van der Waals surface area contributed by atoms with Crippen molar-refractivity contribution in [2.75, 3.05) is 23.8 Å². The fourth-order valence-electron chi connectivity index (χ4n) is 2.30. The zero-order chi connectivity index (χ0) is 15.6. The van der Waals surface area contributed by atoms with E-state index in [1.807, 2.05) is 42.5 Å². The van der Waals surface area contributed by atoms with Crippen LogP contribution in [0.2, 0.25) is 0 Å². The molecule has 6 nitrogen and oxygen atoms in total. The highest BCUT2D eigenvalue weighted by molar-refractivity contribution is 7.22. The predicted molar refractivity (Wildman–Crippen MR) is 89.7 cm³/mol. The normalized spacial score (nSPS) is 12.9. The summed E-state index contributed by atoms with van der Waals surface area (Å²) in [6, 6.07) is 12.6. The summed E-state index contributed by atoms with van der Waals surface area (Å²) in [5, 5.41) is 6.03. The van der Waals surface area contributed by atoms with Gasteiger partial charge in [0.2, 0.25) is 0 Å². The van der Waals surface area contributed by atoms with Crippen LogP contribution in [-0.2, 0) is 0 Å². The summed E-state index contributed by atoms with van der Waals surface area (Å²) in [5.41, 5.74) is 1.50. The molecule has 4 rings (SSSR count). The number of ether oxygens (including phenoxy) is 2. The van der Waals surface area contributed by atoms with Crippen molar-refractivity contribution < 1.29 is 14.3 Å². The Labute approximate surface area is 136 Å². The molecule has 0 bridgehead atoms. The van der Waals surface area contributed by atoms with E-state index in [9.17, 15) is 4.79 Å². The Balaban J connectivity index is 1.54. The van der Waals surface area contributed by atoms with Crippen molar-refractivity contribution in [1.82, 2.24) is 4.98 Å². The molecule has 0 saturated carbocycles. The van der Waals surface area contributed by atoms with Gasteiger partial charge in [-0.3, -0.25) is 5.32 Å². The molecule has 1 aromatic heterocycles. The number of hydrogen-bond donors (Lipinski definition) is 2. The maximum Gasteiger partial charge on any atom is 0.325 e. The Morgan fingerprint density at radius 3 is 2.57 bits per heavy atom. The second-order valence-electron chi connectivity index (χ2n) is 4.93. The third kappa shape index (κ3) is 2.91. The second-order valence-corrected chi connectivity index (χ2v) is 5.96. The number of aromatic nitrogens is 1. The molecule has 2 aromatic carbocycles. The molecule has 0 unspecified atom stereocenters. The van der Waals surface area contributed by atoms with Gasteiger partial charge in [-0.1, -0.05) is 29.5 Å². The molecule has 116 valence electrons.